The van der Waals surface area contributed by atoms with Gasteiger partial charge in [-0.2, -0.15) is 9.50 Å². The molecule has 0 aliphatic heterocycles. The van der Waals surface area contributed by atoms with Crippen LogP contribution in [0.25, 0.3) is 5.78 Å². The van der Waals surface area contributed by atoms with E-state index in [4.69, 9.17) is 4.74 Å². The fraction of sp³-hybridized carbons (Fsp3) is 0.294. The van der Waals surface area contributed by atoms with Crippen LogP contribution >= 0.6 is 0 Å². The van der Waals surface area contributed by atoms with E-state index in [1.54, 1.807) is 21.0 Å². The van der Waals surface area contributed by atoms with Gasteiger partial charge in [-0.3, -0.25) is 19.6 Å². The van der Waals surface area contributed by atoms with Crippen LogP contribution in [-0.2, 0) is 11.3 Å². The van der Waals surface area contributed by atoms with Crippen LogP contribution in [-0.4, -0.2) is 32.6 Å². The topological polar surface area (TPSA) is 92.6 Å². The van der Waals surface area contributed by atoms with Crippen molar-refractivity contribution in [3.63, 3.8) is 0 Å². The van der Waals surface area contributed by atoms with Gasteiger partial charge in [0.1, 0.15) is 5.75 Å². The summed E-state index contributed by atoms with van der Waals surface area (Å²) < 4.78 is 6.58. The highest BCUT2D eigenvalue weighted by molar-refractivity contribution is 5.89. The van der Waals surface area contributed by atoms with Gasteiger partial charge in [0.15, 0.2) is 0 Å². The van der Waals surface area contributed by atoms with Crippen molar-refractivity contribution in [2.24, 2.45) is 0 Å². The minimum absolute atomic E-state index is 0.216. The van der Waals surface area contributed by atoms with Crippen LogP contribution in [0.4, 0.5) is 5.95 Å². The lowest BCUT2D eigenvalue weighted by atomic mass is 10.2. The van der Waals surface area contributed by atoms with E-state index < -0.39 is 0 Å². The molecule has 1 amide bonds. The van der Waals surface area contributed by atoms with Gasteiger partial charge in [0.2, 0.25) is 11.9 Å². The van der Waals surface area contributed by atoms with Crippen LogP contribution in [0.3, 0.4) is 0 Å². The van der Waals surface area contributed by atoms with Crippen molar-refractivity contribution >= 4 is 17.6 Å². The average Bonchev–Trinajstić information content (AvgIpc) is 3.01. The standard InChI is InChI=1S/C17H19N5O3/c1-10-11(2)18-16-19-17(20-22(16)15(10)24)21(12(3)23)9-13-7-5-6-8-14(13)25-4/h5-8H,9H2,1-4H3,(H,18,19,20). The first kappa shape index (κ1) is 16.7. The molecule has 0 aliphatic carbocycles. The molecular formula is C17H19N5O3. The van der Waals surface area contributed by atoms with E-state index in [0.717, 1.165) is 5.56 Å². The molecule has 0 radical (unpaired) electrons. The number of nitrogens with zero attached hydrogens (tertiary/aromatic N) is 4. The van der Waals surface area contributed by atoms with Crippen molar-refractivity contribution in [2.45, 2.75) is 27.3 Å². The molecular weight excluding hydrogens is 322 g/mol. The number of amides is 1. The zero-order valence-electron chi connectivity index (χ0n) is 14.5. The molecule has 1 N–H and O–H groups in total. The lowest BCUT2D eigenvalue weighted by Crippen LogP contribution is -2.29. The molecule has 0 spiro atoms. The molecule has 0 saturated heterocycles. The summed E-state index contributed by atoms with van der Waals surface area (Å²) in [6, 6.07) is 7.42. The maximum Gasteiger partial charge on any atom is 0.277 e. The molecule has 3 aromatic rings. The Morgan fingerprint density at radius 1 is 1.28 bits per heavy atom. The maximum atomic E-state index is 12.3. The summed E-state index contributed by atoms with van der Waals surface area (Å²) in [5.74, 6) is 0.945. The molecule has 0 fully saturated rings. The van der Waals surface area contributed by atoms with Crippen molar-refractivity contribution in [3.8, 4) is 5.75 Å². The molecule has 1 aromatic carbocycles. The summed E-state index contributed by atoms with van der Waals surface area (Å²) in [5.41, 5.74) is 1.74. The third-order valence-corrected chi connectivity index (χ3v) is 4.11. The van der Waals surface area contributed by atoms with Gasteiger partial charge < -0.3 is 4.74 Å². The molecule has 0 unspecified atom stereocenters. The number of anilines is 1. The van der Waals surface area contributed by atoms with Crippen LogP contribution in [0, 0.1) is 13.8 Å². The fourth-order valence-electron chi connectivity index (χ4n) is 2.55. The Morgan fingerprint density at radius 3 is 2.68 bits per heavy atom. The monoisotopic (exact) mass is 341 g/mol. The van der Waals surface area contributed by atoms with Crippen molar-refractivity contribution in [1.82, 2.24) is 19.6 Å². The smallest absolute Gasteiger partial charge is 0.277 e. The molecule has 130 valence electrons. The first-order valence-electron chi connectivity index (χ1n) is 7.78. The predicted molar refractivity (Wildman–Crippen MR) is 92.9 cm³/mol. The number of fused-ring (bicyclic) bond motifs is 1. The van der Waals surface area contributed by atoms with Crippen molar-refractivity contribution in [1.29, 1.82) is 0 Å². The van der Waals surface area contributed by atoms with Gasteiger partial charge in [-0.1, -0.05) is 18.2 Å². The first-order valence-corrected chi connectivity index (χ1v) is 7.78. The summed E-state index contributed by atoms with van der Waals surface area (Å²) >= 11 is 0. The van der Waals surface area contributed by atoms with Crippen molar-refractivity contribution < 1.29 is 9.53 Å². The average molecular weight is 341 g/mol. The van der Waals surface area contributed by atoms with Crippen LogP contribution in [0.15, 0.2) is 29.1 Å². The molecule has 25 heavy (non-hydrogen) atoms. The van der Waals surface area contributed by atoms with E-state index in [0.29, 0.717) is 17.0 Å². The minimum atomic E-state index is -0.234. The minimum Gasteiger partial charge on any atom is -0.496 e. The maximum absolute atomic E-state index is 12.3. The highest BCUT2D eigenvalue weighted by Crippen LogP contribution is 2.21. The van der Waals surface area contributed by atoms with E-state index in [-0.39, 0.29) is 29.7 Å². The van der Waals surface area contributed by atoms with E-state index >= 15 is 0 Å². The Kier molecular flexibility index (Phi) is 4.26. The summed E-state index contributed by atoms with van der Waals surface area (Å²) in [5, 5.41) is 2.87. The van der Waals surface area contributed by atoms with Gasteiger partial charge in [-0.05, 0) is 19.9 Å². The SMILES string of the molecule is COc1ccccc1CN(C(C)=O)c1nc2nc(C)c(C)c(=O)n2[nH]1. The number of hydrogen-bond donors (Lipinski definition) is 1. The molecule has 0 bridgehead atoms. The number of para-hydroxylation sites is 1. The third-order valence-electron chi connectivity index (χ3n) is 4.11. The molecule has 2 heterocycles. The number of aryl methyl sites for hydroxylation is 1. The molecule has 8 nitrogen and oxygen atoms in total. The number of nitrogens with one attached hydrogen (secondary N) is 1. The normalized spacial score (nSPS) is 10.9. The highest BCUT2D eigenvalue weighted by atomic mass is 16.5. The first-order chi connectivity index (χ1) is 11.9. The number of H-pyrrole nitrogens is 1. The van der Waals surface area contributed by atoms with Gasteiger partial charge in [0.25, 0.3) is 11.3 Å². The number of methoxy groups -OCH3 is 1. The number of benzene rings is 1. The van der Waals surface area contributed by atoms with E-state index in [9.17, 15) is 9.59 Å². The molecule has 0 saturated carbocycles. The van der Waals surface area contributed by atoms with E-state index in [1.807, 2.05) is 24.3 Å². The lowest BCUT2D eigenvalue weighted by Gasteiger charge is -2.19. The fourth-order valence-corrected chi connectivity index (χ4v) is 2.55. The molecule has 2 aromatic heterocycles. The number of rotatable bonds is 4. The van der Waals surface area contributed by atoms with Crippen molar-refractivity contribution in [2.75, 3.05) is 12.0 Å². The molecule has 0 aliphatic rings. The Labute approximate surface area is 144 Å². The third kappa shape index (κ3) is 2.98. The number of carbonyl (C=O) groups excluding carboxylic acids is 1. The Balaban J connectivity index is 2.07. The van der Waals surface area contributed by atoms with Crippen LogP contribution in [0.1, 0.15) is 23.7 Å². The van der Waals surface area contributed by atoms with E-state index in [2.05, 4.69) is 15.1 Å². The Morgan fingerprint density at radius 2 is 2.00 bits per heavy atom. The zero-order valence-corrected chi connectivity index (χ0v) is 14.5. The second kappa shape index (κ2) is 6.39. The molecule has 8 heteroatoms. The van der Waals surface area contributed by atoms with Crippen LogP contribution < -0.4 is 15.2 Å². The second-order valence-corrected chi connectivity index (χ2v) is 5.73. The largest absolute Gasteiger partial charge is 0.496 e. The summed E-state index contributed by atoms with van der Waals surface area (Å²) in [6.45, 7) is 5.15. The van der Waals surface area contributed by atoms with Crippen molar-refractivity contribution in [3.05, 3.63) is 51.4 Å². The number of aromatic amines is 1. The van der Waals surface area contributed by atoms with Crippen LogP contribution in [0.5, 0.6) is 5.75 Å². The molecule has 0 atom stereocenters. The number of hydrogen-bond acceptors (Lipinski definition) is 5. The number of carbonyl (C=O) groups is 1. The number of aromatic nitrogens is 4. The van der Waals surface area contributed by atoms with Gasteiger partial charge in [0.05, 0.1) is 13.7 Å². The Bertz CT molecular complexity index is 1010. The highest BCUT2D eigenvalue weighted by Gasteiger charge is 2.20. The zero-order chi connectivity index (χ0) is 18.1. The Hall–Kier alpha value is -3.16. The molecule has 3 rings (SSSR count). The predicted octanol–water partition coefficient (Wildman–Crippen LogP) is 1.60. The second-order valence-electron chi connectivity index (χ2n) is 5.73. The van der Waals surface area contributed by atoms with Gasteiger partial charge >= 0.3 is 0 Å². The van der Waals surface area contributed by atoms with Crippen LogP contribution in [0.2, 0.25) is 0 Å². The summed E-state index contributed by atoms with van der Waals surface area (Å²) in [4.78, 5) is 34.6. The summed E-state index contributed by atoms with van der Waals surface area (Å²) in [6.07, 6.45) is 0. The summed E-state index contributed by atoms with van der Waals surface area (Å²) in [7, 11) is 1.58. The quantitative estimate of drug-likeness (QED) is 0.778. The van der Waals surface area contributed by atoms with Gasteiger partial charge in [-0.15, -0.1) is 0 Å². The number of ether oxygens (including phenoxy) is 1. The van der Waals surface area contributed by atoms with Gasteiger partial charge in [0, 0.05) is 23.7 Å². The van der Waals surface area contributed by atoms with Gasteiger partial charge in [-0.25, -0.2) is 4.98 Å². The van der Waals surface area contributed by atoms with E-state index in [1.165, 1.54) is 16.3 Å². The lowest BCUT2D eigenvalue weighted by molar-refractivity contribution is -0.116.